The minimum absolute atomic E-state index is 0.000755. The van der Waals surface area contributed by atoms with Gasteiger partial charge < -0.3 is 14.5 Å². The lowest BCUT2D eigenvalue weighted by atomic mass is 10.1. The maximum Gasteiger partial charge on any atom is 0.374 e. The molecule has 1 heterocycles. The van der Waals surface area contributed by atoms with Gasteiger partial charge in [-0.2, -0.15) is 0 Å². The Labute approximate surface area is 116 Å². The Morgan fingerprint density at radius 2 is 2.10 bits per heavy atom. The molecular weight excluding hydrogens is 264 g/mol. The zero-order chi connectivity index (χ0) is 15.0. The van der Waals surface area contributed by atoms with E-state index in [1.165, 1.54) is 18.4 Å². The first-order valence-electron chi connectivity index (χ1n) is 6.27. The van der Waals surface area contributed by atoms with E-state index in [0.717, 1.165) is 6.42 Å². The summed E-state index contributed by atoms with van der Waals surface area (Å²) in [5.41, 5.74) is 0. The van der Waals surface area contributed by atoms with Gasteiger partial charge in [-0.1, -0.05) is 13.8 Å². The van der Waals surface area contributed by atoms with E-state index in [0.29, 0.717) is 12.5 Å². The van der Waals surface area contributed by atoms with Crippen LogP contribution in [0.5, 0.6) is 0 Å². The molecule has 3 amide bonds. The van der Waals surface area contributed by atoms with Crippen LogP contribution in [0.1, 0.15) is 30.8 Å². The Morgan fingerprint density at radius 1 is 1.35 bits per heavy atom. The zero-order valence-corrected chi connectivity index (χ0v) is 11.5. The van der Waals surface area contributed by atoms with Crippen LogP contribution in [-0.4, -0.2) is 31.1 Å². The van der Waals surface area contributed by atoms with Crippen LogP contribution in [0.15, 0.2) is 22.8 Å². The third kappa shape index (κ3) is 6.03. The van der Waals surface area contributed by atoms with Gasteiger partial charge in [0.1, 0.15) is 0 Å². The predicted octanol–water partition coefficient (Wildman–Crippen LogP) is 1.31. The highest BCUT2D eigenvalue weighted by atomic mass is 16.5. The number of imide groups is 1. The van der Waals surface area contributed by atoms with E-state index in [1.54, 1.807) is 0 Å². The van der Waals surface area contributed by atoms with Crippen molar-refractivity contribution < 1.29 is 23.5 Å². The number of urea groups is 1. The summed E-state index contributed by atoms with van der Waals surface area (Å²) in [6.45, 7) is 3.98. The Bertz CT molecular complexity index is 453. The third-order valence-electron chi connectivity index (χ3n) is 2.32. The summed E-state index contributed by atoms with van der Waals surface area (Å²) in [4.78, 5) is 34.0. The summed E-state index contributed by atoms with van der Waals surface area (Å²) >= 11 is 0. The van der Waals surface area contributed by atoms with Gasteiger partial charge in [-0.3, -0.25) is 10.1 Å². The van der Waals surface area contributed by atoms with Crippen molar-refractivity contribution in [1.29, 1.82) is 0 Å². The second kappa shape index (κ2) is 7.98. The summed E-state index contributed by atoms with van der Waals surface area (Å²) in [5.74, 6) is -1.00. The fourth-order valence-corrected chi connectivity index (χ4v) is 1.28. The summed E-state index contributed by atoms with van der Waals surface area (Å²) < 4.78 is 9.47. The van der Waals surface area contributed by atoms with Gasteiger partial charge in [-0.25, -0.2) is 9.59 Å². The number of carbonyl (C=O) groups excluding carboxylic acids is 3. The average Bonchev–Trinajstić information content (AvgIpc) is 2.89. The zero-order valence-electron chi connectivity index (χ0n) is 11.5. The molecule has 7 nitrogen and oxygen atoms in total. The van der Waals surface area contributed by atoms with Gasteiger partial charge in [-0.05, 0) is 24.5 Å². The number of amides is 3. The van der Waals surface area contributed by atoms with Gasteiger partial charge in [0.05, 0.1) is 6.26 Å². The normalized spacial score (nSPS) is 10.2. The Morgan fingerprint density at radius 3 is 2.70 bits per heavy atom. The van der Waals surface area contributed by atoms with Crippen LogP contribution >= 0.6 is 0 Å². The molecule has 0 saturated carbocycles. The molecule has 2 N–H and O–H groups in total. The maximum absolute atomic E-state index is 11.3. The van der Waals surface area contributed by atoms with Crippen LogP contribution < -0.4 is 10.6 Å². The highest BCUT2D eigenvalue weighted by Gasteiger charge is 2.13. The van der Waals surface area contributed by atoms with Crippen molar-refractivity contribution in [3.05, 3.63) is 24.2 Å². The average molecular weight is 282 g/mol. The van der Waals surface area contributed by atoms with E-state index in [1.807, 2.05) is 13.8 Å². The Balaban J connectivity index is 2.20. The number of carbonyl (C=O) groups is 3. The van der Waals surface area contributed by atoms with Gasteiger partial charge in [0.25, 0.3) is 5.91 Å². The number of ether oxygens (including phenoxy) is 1. The fourth-order valence-electron chi connectivity index (χ4n) is 1.28. The van der Waals surface area contributed by atoms with Gasteiger partial charge in [0.2, 0.25) is 5.76 Å². The molecule has 0 aliphatic rings. The standard InChI is InChI=1S/C13H18N2O5/c1-9(2)5-6-14-13(18)15-11(16)8-20-12(17)10-4-3-7-19-10/h3-4,7,9H,5-6,8H2,1-2H3,(H2,14,15,16,18). The van der Waals surface area contributed by atoms with Gasteiger partial charge in [0, 0.05) is 6.54 Å². The number of furan rings is 1. The molecule has 0 aliphatic heterocycles. The van der Waals surface area contributed by atoms with E-state index >= 15 is 0 Å². The Hall–Kier alpha value is -2.31. The first-order valence-corrected chi connectivity index (χ1v) is 6.27. The third-order valence-corrected chi connectivity index (χ3v) is 2.32. The topological polar surface area (TPSA) is 97.6 Å². The van der Waals surface area contributed by atoms with E-state index in [-0.39, 0.29) is 5.76 Å². The molecule has 1 rings (SSSR count). The first-order chi connectivity index (χ1) is 9.49. The van der Waals surface area contributed by atoms with Crippen molar-refractivity contribution in [3.8, 4) is 0 Å². The van der Waals surface area contributed by atoms with Crippen molar-refractivity contribution in [1.82, 2.24) is 10.6 Å². The summed E-state index contributed by atoms with van der Waals surface area (Å²) in [5, 5.41) is 4.59. The molecular formula is C13H18N2O5. The molecule has 0 saturated heterocycles. The van der Waals surface area contributed by atoms with Crippen LogP contribution in [0.4, 0.5) is 4.79 Å². The van der Waals surface area contributed by atoms with Crippen LogP contribution in [0.3, 0.4) is 0 Å². The molecule has 110 valence electrons. The molecule has 1 aromatic heterocycles. The molecule has 1 aromatic rings. The van der Waals surface area contributed by atoms with Crippen LogP contribution in [-0.2, 0) is 9.53 Å². The van der Waals surface area contributed by atoms with Crippen LogP contribution in [0.2, 0.25) is 0 Å². The van der Waals surface area contributed by atoms with Crippen molar-refractivity contribution >= 4 is 17.9 Å². The summed E-state index contributed by atoms with van der Waals surface area (Å²) in [6.07, 6.45) is 2.13. The van der Waals surface area contributed by atoms with Crippen LogP contribution in [0, 0.1) is 5.92 Å². The van der Waals surface area contributed by atoms with E-state index in [4.69, 9.17) is 4.42 Å². The first kappa shape index (κ1) is 15.7. The fraction of sp³-hybridized carbons (Fsp3) is 0.462. The molecule has 0 aromatic carbocycles. The summed E-state index contributed by atoms with van der Waals surface area (Å²) in [7, 11) is 0. The number of hydrogen-bond donors (Lipinski definition) is 2. The second-order valence-corrected chi connectivity index (χ2v) is 4.54. The predicted molar refractivity (Wildman–Crippen MR) is 70.0 cm³/mol. The molecule has 0 radical (unpaired) electrons. The number of hydrogen-bond acceptors (Lipinski definition) is 5. The lowest BCUT2D eigenvalue weighted by molar-refractivity contribution is -0.123. The number of nitrogens with one attached hydrogen (secondary N) is 2. The highest BCUT2D eigenvalue weighted by molar-refractivity contribution is 5.96. The quantitative estimate of drug-likeness (QED) is 0.767. The number of rotatable bonds is 6. The van der Waals surface area contributed by atoms with Crippen molar-refractivity contribution in [3.63, 3.8) is 0 Å². The maximum atomic E-state index is 11.3. The van der Waals surface area contributed by atoms with Gasteiger partial charge >= 0.3 is 12.0 Å². The van der Waals surface area contributed by atoms with Crippen molar-refractivity contribution in [2.75, 3.05) is 13.2 Å². The highest BCUT2D eigenvalue weighted by Crippen LogP contribution is 2.01. The molecule has 0 spiro atoms. The minimum atomic E-state index is -0.759. The molecule has 0 fully saturated rings. The van der Waals surface area contributed by atoms with E-state index < -0.39 is 24.5 Å². The molecule has 0 aliphatic carbocycles. The smallest absolute Gasteiger partial charge is 0.374 e. The van der Waals surface area contributed by atoms with Gasteiger partial charge in [-0.15, -0.1) is 0 Å². The van der Waals surface area contributed by atoms with E-state index in [9.17, 15) is 14.4 Å². The Kier molecular flexibility index (Phi) is 6.28. The van der Waals surface area contributed by atoms with Crippen molar-refractivity contribution in [2.24, 2.45) is 5.92 Å². The van der Waals surface area contributed by atoms with Crippen LogP contribution in [0.25, 0.3) is 0 Å². The molecule has 20 heavy (non-hydrogen) atoms. The largest absolute Gasteiger partial charge is 0.457 e. The summed E-state index contributed by atoms with van der Waals surface area (Å²) in [6, 6.07) is 2.34. The van der Waals surface area contributed by atoms with Crippen molar-refractivity contribution in [2.45, 2.75) is 20.3 Å². The lowest BCUT2D eigenvalue weighted by Crippen LogP contribution is -2.41. The molecule has 0 atom stereocenters. The van der Waals surface area contributed by atoms with Gasteiger partial charge in [0.15, 0.2) is 6.61 Å². The second-order valence-electron chi connectivity index (χ2n) is 4.54. The number of esters is 1. The molecule has 0 unspecified atom stereocenters. The SMILES string of the molecule is CC(C)CCNC(=O)NC(=O)COC(=O)c1ccco1. The lowest BCUT2D eigenvalue weighted by Gasteiger charge is -2.08. The monoisotopic (exact) mass is 282 g/mol. The molecule has 0 bridgehead atoms. The minimum Gasteiger partial charge on any atom is -0.457 e. The van der Waals surface area contributed by atoms with E-state index in [2.05, 4.69) is 15.4 Å². The molecule has 7 heteroatoms.